The molecule has 1 N–H and O–H groups in total. The van der Waals surface area contributed by atoms with Crippen LogP contribution in [0.5, 0.6) is 11.5 Å². The maximum absolute atomic E-state index is 12.3. The number of esters is 1. The maximum Gasteiger partial charge on any atom is 0.341 e. The van der Waals surface area contributed by atoms with Crippen molar-refractivity contribution >= 4 is 49.0 Å². The van der Waals surface area contributed by atoms with E-state index in [1.807, 2.05) is 26.0 Å². The summed E-state index contributed by atoms with van der Waals surface area (Å²) in [6, 6.07) is 3.80. The van der Waals surface area contributed by atoms with Crippen LogP contribution < -0.4 is 14.8 Å². The minimum absolute atomic E-state index is 0.244. The highest BCUT2D eigenvalue weighted by atomic mass is 32.1. The lowest BCUT2D eigenvalue weighted by Crippen LogP contribution is -2.07. The lowest BCUT2D eigenvalue weighted by molar-refractivity contribution is 0.0527. The first-order valence-corrected chi connectivity index (χ1v) is 9.44. The molecule has 1 aliphatic heterocycles. The predicted octanol–water partition coefficient (Wildman–Crippen LogP) is 4.62. The number of nitrogens with one attached hydrogen (secondary N) is 1. The minimum Gasteiger partial charge on any atom is -0.462 e. The fraction of sp³-hybridized carbons (Fsp3) is 0.294. The molecule has 3 aromatic rings. The number of hydrogen-bond donors (Lipinski definition) is 1. The Morgan fingerprint density at radius 1 is 1.28 bits per heavy atom. The Hall–Kier alpha value is -2.32. The monoisotopic (exact) mass is 376 g/mol. The highest BCUT2D eigenvalue weighted by molar-refractivity contribution is 7.23. The van der Waals surface area contributed by atoms with Gasteiger partial charge in [-0.25, -0.2) is 9.78 Å². The molecule has 0 saturated carbocycles. The summed E-state index contributed by atoms with van der Waals surface area (Å²) >= 11 is 3.03. The van der Waals surface area contributed by atoms with Crippen molar-refractivity contribution in [3.63, 3.8) is 0 Å². The molecule has 0 fully saturated rings. The molecule has 6 nitrogen and oxygen atoms in total. The second-order valence-electron chi connectivity index (χ2n) is 5.53. The van der Waals surface area contributed by atoms with Crippen molar-refractivity contribution in [1.29, 1.82) is 0 Å². The Bertz CT molecular complexity index is 936. The summed E-state index contributed by atoms with van der Waals surface area (Å²) in [5, 5.41) is 4.75. The van der Waals surface area contributed by atoms with E-state index in [1.54, 1.807) is 6.92 Å². The number of fused-ring (bicyclic) bond motifs is 2. The van der Waals surface area contributed by atoms with Crippen LogP contribution in [-0.4, -0.2) is 24.4 Å². The second-order valence-corrected chi connectivity index (χ2v) is 7.78. The minimum atomic E-state index is -0.311. The molecule has 0 saturated heterocycles. The number of rotatable bonds is 4. The van der Waals surface area contributed by atoms with Gasteiger partial charge in [0.1, 0.15) is 5.00 Å². The summed E-state index contributed by atoms with van der Waals surface area (Å²) in [4.78, 5) is 18.0. The van der Waals surface area contributed by atoms with Gasteiger partial charge in [0.15, 0.2) is 16.6 Å². The topological polar surface area (TPSA) is 69.7 Å². The van der Waals surface area contributed by atoms with E-state index < -0.39 is 0 Å². The number of thiazole rings is 1. The zero-order chi connectivity index (χ0) is 17.6. The van der Waals surface area contributed by atoms with Crippen LogP contribution >= 0.6 is 22.7 Å². The van der Waals surface area contributed by atoms with Crippen LogP contribution in [0.1, 0.15) is 27.7 Å². The van der Waals surface area contributed by atoms with Gasteiger partial charge in [0, 0.05) is 17.0 Å². The number of nitrogens with zero attached hydrogens (tertiary/aromatic N) is 1. The Morgan fingerprint density at radius 2 is 2.04 bits per heavy atom. The zero-order valence-electron chi connectivity index (χ0n) is 14.0. The normalized spacial score (nSPS) is 12.6. The number of carbonyl (C=O) groups is 1. The lowest BCUT2D eigenvalue weighted by Gasteiger charge is -2.05. The first-order chi connectivity index (χ1) is 12.1. The molecule has 1 aromatic carbocycles. The number of carbonyl (C=O) groups excluding carboxylic acids is 1. The number of hydrogen-bond acceptors (Lipinski definition) is 8. The Kier molecular flexibility index (Phi) is 4.01. The van der Waals surface area contributed by atoms with Crippen LogP contribution in [0.15, 0.2) is 12.1 Å². The van der Waals surface area contributed by atoms with Crippen LogP contribution in [-0.2, 0) is 4.74 Å². The number of benzene rings is 1. The summed E-state index contributed by atoms with van der Waals surface area (Å²) in [6.07, 6.45) is 0. The van der Waals surface area contributed by atoms with Crippen molar-refractivity contribution in [2.75, 3.05) is 18.7 Å². The van der Waals surface area contributed by atoms with E-state index in [4.69, 9.17) is 14.2 Å². The molecule has 0 atom stereocenters. The molecule has 0 unspecified atom stereocenters. The summed E-state index contributed by atoms with van der Waals surface area (Å²) in [7, 11) is 0. The molecule has 2 aromatic heterocycles. The van der Waals surface area contributed by atoms with Gasteiger partial charge in [-0.15, -0.1) is 11.3 Å². The van der Waals surface area contributed by atoms with E-state index in [0.717, 1.165) is 31.4 Å². The average molecular weight is 376 g/mol. The first kappa shape index (κ1) is 16.2. The Balaban J connectivity index is 1.69. The largest absolute Gasteiger partial charge is 0.462 e. The van der Waals surface area contributed by atoms with Gasteiger partial charge in [0.05, 0.1) is 22.4 Å². The van der Waals surface area contributed by atoms with Gasteiger partial charge >= 0.3 is 5.97 Å². The zero-order valence-corrected chi connectivity index (χ0v) is 15.6. The number of ether oxygens (including phenoxy) is 3. The smallest absolute Gasteiger partial charge is 0.341 e. The van der Waals surface area contributed by atoms with Gasteiger partial charge in [0.25, 0.3) is 0 Å². The van der Waals surface area contributed by atoms with Crippen molar-refractivity contribution in [1.82, 2.24) is 4.98 Å². The number of aromatic nitrogens is 1. The summed E-state index contributed by atoms with van der Waals surface area (Å²) in [5.74, 6) is 1.13. The third-order valence-electron chi connectivity index (χ3n) is 3.97. The van der Waals surface area contributed by atoms with Gasteiger partial charge in [-0.2, -0.15) is 0 Å². The fourth-order valence-corrected chi connectivity index (χ4v) is 4.63. The van der Waals surface area contributed by atoms with Crippen molar-refractivity contribution in [3.05, 3.63) is 28.1 Å². The summed E-state index contributed by atoms with van der Waals surface area (Å²) in [6.45, 7) is 6.32. The van der Waals surface area contributed by atoms with Crippen LogP contribution in [0, 0.1) is 13.8 Å². The van der Waals surface area contributed by atoms with Crippen LogP contribution in [0.2, 0.25) is 0 Å². The Labute approximate surface area is 152 Å². The molecule has 25 heavy (non-hydrogen) atoms. The molecule has 0 bridgehead atoms. The van der Waals surface area contributed by atoms with E-state index in [9.17, 15) is 4.79 Å². The number of aryl methyl sites for hydroxylation is 1. The Morgan fingerprint density at radius 3 is 2.80 bits per heavy atom. The van der Waals surface area contributed by atoms with Crippen LogP contribution in [0.25, 0.3) is 10.2 Å². The summed E-state index contributed by atoms with van der Waals surface area (Å²) < 4.78 is 17.0. The average Bonchev–Trinajstić information content (AvgIpc) is 3.23. The van der Waals surface area contributed by atoms with E-state index >= 15 is 0 Å². The molecule has 4 rings (SSSR count). The van der Waals surface area contributed by atoms with E-state index in [2.05, 4.69) is 10.3 Å². The van der Waals surface area contributed by atoms with Gasteiger partial charge in [-0.1, -0.05) is 11.3 Å². The van der Waals surface area contributed by atoms with E-state index in [1.165, 1.54) is 22.7 Å². The van der Waals surface area contributed by atoms with Crippen LogP contribution in [0.3, 0.4) is 0 Å². The molecule has 8 heteroatoms. The van der Waals surface area contributed by atoms with Gasteiger partial charge in [-0.05, 0) is 26.3 Å². The van der Waals surface area contributed by atoms with Crippen molar-refractivity contribution < 1.29 is 19.0 Å². The molecule has 0 aliphatic carbocycles. The highest BCUT2D eigenvalue weighted by Gasteiger charge is 2.22. The third-order valence-corrected chi connectivity index (χ3v) is 6.02. The number of anilines is 2. The predicted molar refractivity (Wildman–Crippen MR) is 98.8 cm³/mol. The second kappa shape index (κ2) is 6.20. The highest BCUT2D eigenvalue weighted by Crippen LogP contribution is 2.41. The molecule has 3 heterocycles. The molecule has 0 radical (unpaired) electrons. The van der Waals surface area contributed by atoms with Gasteiger partial charge in [-0.3, -0.25) is 0 Å². The van der Waals surface area contributed by atoms with Crippen molar-refractivity contribution in [3.8, 4) is 11.5 Å². The molecule has 130 valence electrons. The summed E-state index contributed by atoms with van der Waals surface area (Å²) in [5.41, 5.74) is 2.35. The molecular formula is C17H16N2O4S2. The maximum atomic E-state index is 12.3. The fourth-order valence-electron chi connectivity index (χ4n) is 2.63. The standard InChI is InChI=1S/C17H16N2O4S2/c1-4-21-16(20)14-8(2)9(3)24-15(14)19-17-18-10-5-11-12(23-7-22-11)6-13(10)25-17/h5-6H,4,7H2,1-3H3,(H,18,19). The molecule has 1 aliphatic rings. The molecular weight excluding hydrogens is 360 g/mol. The van der Waals surface area contributed by atoms with Crippen LogP contribution in [0.4, 0.5) is 10.1 Å². The SMILES string of the molecule is CCOC(=O)c1c(Nc2nc3cc4c(cc3s2)OCO4)sc(C)c1C. The molecule has 0 spiro atoms. The number of thiophene rings is 1. The first-order valence-electron chi connectivity index (χ1n) is 7.81. The van der Waals surface area contributed by atoms with Crippen molar-refractivity contribution in [2.45, 2.75) is 20.8 Å². The van der Waals surface area contributed by atoms with E-state index in [-0.39, 0.29) is 12.8 Å². The molecule has 0 amide bonds. The van der Waals surface area contributed by atoms with Gasteiger partial charge < -0.3 is 19.5 Å². The third kappa shape index (κ3) is 2.81. The van der Waals surface area contributed by atoms with E-state index in [0.29, 0.717) is 23.1 Å². The van der Waals surface area contributed by atoms with Crippen molar-refractivity contribution in [2.24, 2.45) is 0 Å². The lowest BCUT2D eigenvalue weighted by atomic mass is 10.1. The quantitative estimate of drug-likeness (QED) is 0.670. The van der Waals surface area contributed by atoms with Gasteiger partial charge in [0.2, 0.25) is 6.79 Å².